The number of Topliss-reactive ketones (excluding diaryl/α,β-unsaturated/α-hetero) is 1. The van der Waals surface area contributed by atoms with Crippen LogP contribution in [0.15, 0.2) is 33.8 Å². The number of hydrazine groups is 1. The predicted molar refractivity (Wildman–Crippen MR) is 94.2 cm³/mol. The first-order chi connectivity index (χ1) is 11.4. The summed E-state index contributed by atoms with van der Waals surface area (Å²) in [5.74, 6) is 5.98. The van der Waals surface area contributed by atoms with E-state index in [0.29, 0.717) is 12.1 Å². The molecule has 3 rings (SSSR count). The number of benzene rings is 1. The number of hydrogen-bond acceptors (Lipinski definition) is 8. The highest BCUT2D eigenvalue weighted by molar-refractivity contribution is 7.96. The Bertz CT molecular complexity index is 732. The number of carbonyl (C=O) groups excluding carboxylic acids is 2. The molecule has 2 atom stereocenters. The molecule has 1 aromatic carbocycles. The number of amides is 1. The van der Waals surface area contributed by atoms with E-state index in [9.17, 15) is 9.59 Å². The molecule has 2 aliphatic heterocycles. The number of ketones is 1. The fourth-order valence-electron chi connectivity index (χ4n) is 2.67. The lowest BCUT2D eigenvalue weighted by Gasteiger charge is -2.34. The summed E-state index contributed by atoms with van der Waals surface area (Å²) in [6.07, 6.45) is 1.91. The SMILES string of the molecule is CC(=O)C1(N(N)c2ccc(C3=NNC(=O)CC3C)cc2)C=NSN1. The summed E-state index contributed by atoms with van der Waals surface area (Å²) in [6, 6.07) is 7.36. The number of nitrogens with one attached hydrogen (secondary N) is 2. The molecule has 0 radical (unpaired) electrons. The van der Waals surface area contributed by atoms with Gasteiger partial charge in [0.05, 0.1) is 29.7 Å². The molecule has 0 aromatic heterocycles. The lowest BCUT2D eigenvalue weighted by atomic mass is 9.94. The highest BCUT2D eigenvalue weighted by Gasteiger charge is 2.42. The third-order valence-electron chi connectivity index (χ3n) is 4.11. The zero-order valence-electron chi connectivity index (χ0n) is 13.3. The van der Waals surface area contributed by atoms with Crippen molar-refractivity contribution in [1.82, 2.24) is 10.1 Å². The van der Waals surface area contributed by atoms with Crippen molar-refractivity contribution >= 4 is 41.4 Å². The zero-order valence-corrected chi connectivity index (χ0v) is 14.1. The van der Waals surface area contributed by atoms with Gasteiger partial charge in [-0.15, -0.1) is 0 Å². The first-order valence-electron chi connectivity index (χ1n) is 7.44. The Balaban J connectivity index is 1.86. The molecule has 0 saturated carbocycles. The number of hydrazone groups is 1. The van der Waals surface area contributed by atoms with Crippen LogP contribution in [0.3, 0.4) is 0 Å². The van der Waals surface area contributed by atoms with Crippen LogP contribution < -0.4 is 21.0 Å². The van der Waals surface area contributed by atoms with Crippen molar-refractivity contribution in [2.24, 2.45) is 21.3 Å². The Morgan fingerprint density at radius 2 is 2.12 bits per heavy atom. The summed E-state index contributed by atoms with van der Waals surface area (Å²) in [5.41, 5.74) is 3.73. The molecule has 9 heteroatoms. The molecular weight excluding hydrogens is 328 g/mol. The lowest BCUT2D eigenvalue weighted by molar-refractivity contribution is -0.122. The molecule has 2 aliphatic rings. The molecule has 2 unspecified atom stereocenters. The second-order valence-corrected chi connectivity index (χ2v) is 6.40. The molecule has 0 saturated heterocycles. The minimum Gasteiger partial charge on any atom is -0.295 e. The van der Waals surface area contributed by atoms with Crippen LogP contribution in [0.1, 0.15) is 25.8 Å². The molecule has 2 heterocycles. The molecule has 1 aromatic rings. The van der Waals surface area contributed by atoms with Crippen LogP contribution in [0.4, 0.5) is 5.69 Å². The minimum atomic E-state index is -1.16. The van der Waals surface area contributed by atoms with Crippen LogP contribution >= 0.6 is 12.1 Å². The number of carbonyl (C=O) groups is 2. The van der Waals surface area contributed by atoms with Gasteiger partial charge < -0.3 is 0 Å². The summed E-state index contributed by atoms with van der Waals surface area (Å²) in [6.45, 7) is 3.42. The van der Waals surface area contributed by atoms with Crippen LogP contribution in [0.5, 0.6) is 0 Å². The van der Waals surface area contributed by atoms with Gasteiger partial charge in [-0.25, -0.2) is 20.4 Å². The summed E-state index contributed by atoms with van der Waals surface area (Å²) >= 11 is 1.08. The average molecular weight is 346 g/mol. The molecule has 0 aliphatic carbocycles. The third kappa shape index (κ3) is 2.81. The maximum absolute atomic E-state index is 12.0. The topological polar surface area (TPSA) is 112 Å². The van der Waals surface area contributed by atoms with Crippen LogP contribution in [0, 0.1) is 5.92 Å². The third-order valence-corrected chi connectivity index (χ3v) is 4.72. The van der Waals surface area contributed by atoms with Crippen molar-refractivity contribution < 1.29 is 9.59 Å². The van der Waals surface area contributed by atoms with Crippen LogP contribution in [0.25, 0.3) is 0 Å². The number of hydrogen-bond donors (Lipinski definition) is 3. The Kier molecular flexibility index (Phi) is 4.39. The second-order valence-electron chi connectivity index (χ2n) is 5.80. The maximum atomic E-state index is 12.0. The minimum absolute atomic E-state index is 0.0437. The first kappa shape index (κ1) is 16.6. The van der Waals surface area contributed by atoms with Gasteiger partial charge in [0.1, 0.15) is 0 Å². The Morgan fingerprint density at radius 1 is 1.42 bits per heavy atom. The van der Waals surface area contributed by atoms with E-state index in [2.05, 4.69) is 19.6 Å². The van der Waals surface area contributed by atoms with E-state index >= 15 is 0 Å². The smallest absolute Gasteiger partial charge is 0.240 e. The largest absolute Gasteiger partial charge is 0.295 e. The van der Waals surface area contributed by atoms with E-state index in [1.807, 2.05) is 31.2 Å². The maximum Gasteiger partial charge on any atom is 0.240 e. The van der Waals surface area contributed by atoms with Gasteiger partial charge in [-0.3, -0.25) is 14.6 Å². The van der Waals surface area contributed by atoms with Crippen molar-refractivity contribution in [3.8, 4) is 0 Å². The highest BCUT2D eigenvalue weighted by Crippen LogP contribution is 2.26. The molecule has 0 fully saturated rings. The molecule has 8 nitrogen and oxygen atoms in total. The van der Waals surface area contributed by atoms with Gasteiger partial charge >= 0.3 is 0 Å². The summed E-state index contributed by atoms with van der Waals surface area (Å²) in [7, 11) is 0. The Labute approximate surface area is 143 Å². The van der Waals surface area contributed by atoms with Gasteiger partial charge in [0.25, 0.3) is 0 Å². The van der Waals surface area contributed by atoms with E-state index in [4.69, 9.17) is 5.84 Å². The fraction of sp³-hybridized carbons (Fsp3) is 0.333. The van der Waals surface area contributed by atoms with Crippen molar-refractivity contribution in [2.75, 3.05) is 5.01 Å². The van der Waals surface area contributed by atoms with Crippen molar-refractivity contribution in [3.05, 3.63) is 29.8 Å². The molecular formula is C15H18N6O2S. The van der Waals surface area contributed by atoms with Gasteiger partial charge in [-0.05, 0) is 24.6 Å². The van der Waals surface area contributed by atoms with Gasteiger partial charge in [0.2, 0.25) is 11.6 Å². The van der Waals surface area contributed by atoms with Crippen LogP contribution in [-0.4, -0.2) is 29.3 Å². The van der Waals surface area contributed by atoms with Gasteiger partial charge in [-0.2, -0.15) is 5.10 Å². The molecule has 0 spiro atoms. The van der Waals surface area contributed by atoms with Crippen LogP contribution in [-0.2, 0) is 9.59 Å². The number of nitrogens with two attached hydrogens (primary N) is 1. The molecule has 24 heavy (non-hydrogen) atoms. The molecule has 126 valence electrons. The normalized spacial score (nSPS) is 26.0. The van der Waals surface area contributed by atoms with E-state index in [-0.39, 0.29) is 17.6 Å². The van der Waals surface area contributed by atoms with Gasteiger partial charge in [-0.1, -0.05) is 19.1 Å². The number of anilines is 1. The van der Waals surface area contributed by atoms with Crippen molar-refractivity contribution in [1.29, 1.82) is 0 Å². The predicted octanol–water partition coefficient (Wildman–Crippen LogP) is 0.749. The standard InChI is InChI=1S/C15H18N6O2S/c1-9-7-13(23)18-19-14(9)11-3-5-12(6-4-11)21(16)15(10(2)22)8-17-24-20-15/h3-6,8-9,20H,7,16H2,1-2H3,(H,18,23). The van der Waals surface area contributed by atoms with E-state index in [1.54, 1.807) is 0 Å². The molecule has 4 N–H and O–H groups in total. The quantitative estimate of drug-likeness (QED) is 0.421. The second kappa shape index (κ2) is 6.34. The highest BCUT2D eigenvalue weighted by atomic mass is 32.2. The fourth-order valence-corrected chi connectivity index (χ4v) is 3.36. The number of nitrogens with zero attached hydrogens (tertiary/aromatic N) is 3. The first-order valence-corrected chi connectivity index (χ1v) is 8.22. The molecule has 1 amide bonds. The van der Waals surface area contributed by atoms with E-state index in [0.717, 1.165) is 23.4 Å². The van der Waals surface area contributed by atoms with E-state index in [1.165, 1.54) is 18.1 Å². The summed E-state index contributed by atoms with van der Waals surface area (Å²) < 4.78 is 6.92. The van der Waals surface area contributed by atoms with Crippen LogP contribution in [0.2, 0.25) is 0 Å². The van der Waals surface area contributed by atoms with Crippen molar-refractivity contribution in [3.63, 3.8) is 0 Å². The summed E-state index contributed by atoms with van der Waals surface area (Å²) in [5, 5.41) is 5.49. The number of rotatable bonds is 4. The van der Waals surface area contributed by atoms with E-state index < -0.39 is 5.66 Å². The zero-order chi connectivity index (χ0) is 17.3. The average Bonchev–Trinajstić information content (AvgIpc) is 3.05. The van der Waals surface area contributed by atoms with Gasteiger partial charge in [0, 0.05) is 12.3 Å². The lowest BCUT2D eigenvalue weighted by Crippen LogP contribution is -2.64. The Hall–Kier alpha value is -2.23. The molecule has 0 bridgehead atoms. The van der Waals surface area contributed by atoms with Gasteiger partial charge in [0.15, 0.2) is 5.78 Å². The Morgan fingerprint density at radius 3 is 2.67 bits per heavy atom. The summed E-state index contributed by atoms with van der Waals surface area (Å²) in [4.78, 5) is 23.4. The monoisotopic (exact) mass is 346 g/mol. The van der Waals surface area contributed by atoms with Crippen molar-refractivity contribution in [2.45, 2.75) is 25.9 Å².